The molecule has 0 radical (unpaired) electrons. The molecule has 4 heterocycles. The minimum absolute atomic E-state index is 0. The van der Waals surface area contributed by atoms with Gasteiger partial charge in [0.05, 0.1) is 6.20 Å². The van der Waals surface area contributed by atoms with E-state index in [4.69, 9.17) is 0 Å². The average Bonchev–Trinajstić information content (AvgIpc) is 3.24. The van der Waals surface area contributed by atoms with Gasteiger partial charge >= 0.3 is 0 Å². The Labute approximate surface area is 143 Å². The second kappa shape index (κ2) is 6.68. The molecule has 3 aliphatic rings. The van der Waals surface area contributed by atoms with Gasteiger partial charge in [-0.1, -0.05) is 0 Å². The van der Waals surface area contributed by atoms with Crippen LogP contribution in [0.3, 0.4) is 0 Å². The van der Waals surface area contributed by atoms with Crippen molar-refractivity contribution in [2.45, 2.75) is 36.9 Å². The molecule has 4 rings (SSSR count). The second-order valence-electron chi connectivity index (χ2n) is 6.36. The highest BCUT2D eigenvalue weighted by atomic mass is 35.5. The van der Waals surface area contributed by atoms with Crippen LogP contribution in [0.2, 0.25) is 0 Å². The van der Waals surface area contributed by atoms with Gasteiger partial charge in [0.2, 0.25) is 0 Å². The van der Waals surface area contributed by atoms with Crippen LogP contribution in [0.5, 0.6) is 0 Å². The molecule has 0 saturated carbocycles. The Bertz CT molecular complexity index is 656. The number of aryl methyl sites for hydroxylation is 1. The van der Waals surface area contributed by atoms with Gasteiger partial charge in [0.25, 0.3) is 10.0 Å². The van der Waals surface area contributed by atoms with Gasteiger partial charge in [-0.3, -0.25) is 4.90 Å². The van der Waals surface area contributed by atoms with Crippen LogP contribution in [0, 0.1) is 0 Å². The van der Waals surface area contributed by atoms with Crippen molar-refractivity contribution < 1.29 is 8.42 Å². The second-order valence-corrected chi connectivity index (χ2v) is 8.24. The zero-order valence-corrected chi connectivity index (χ0v) is 14.8. The Morgan fingerprint density at radius 1 is 1.17 bits per heavy atom. The van der Waals surface area contributed by atoms with Crippen LogP contribution in [-0.4, -0.2) is 72.5 Å². The van der Waals surface area contributed by atoms with E-state index in [0.29, 0.717) is 24.2 Å². The number of nitrogens with one attached hydrogen (secondary N) is 1. The molecule has 7 nitrogen and oxygen atoms in total. The van der Waals surface area contributed by atoms with Crippen LogP contribution in [-0.2, 0) is 23.0 Å². The highest BCUT2D eigenvalue weighted by molar-refractivity contribution is 7.89. The Morgan fingerprint density at radius 2 is 1.96 bits per heavy atom. The minimum atomic E-state index is -3.40. The van der Waals surface area contributed by atoms with Gasteiger partial charge in [-0.15, -0.1) is 12.4 Å². The molecule has 130 valence electrons. The number of halogens is 1. The monoisotopic (exact) mass is 361 g/mol. The molecule has 1 unspecified atom stereocenters. The van der Waals surface area contributed by atoms with Gasteiger partial charge in [0.15, 0.2) is 5.03 Å². The molecule has 1 aromatic rings. The van der Waals surface area contributed by atoms with Gasteiger partial charge in [-0.05, 0) is 12.8 Å². The molecule has 2 saturated heterocycles. The summed E-state index contributed by atoms with van der Waals surface area (Å²) in [5.41, 5.74) is 0. The number of piperazine rings is 1. The van der Waals surface area contributed by atoms with Gasteiger partial charge in [0.1, 0.15) is 5.82 Å². The molecule has 3 aliphatic heterocycles. The van der Waals surface area contributed by atoms with Crippen LogP contribution in [0.4, 0.5) is 0 Å². The van der Waals surface area contributed by atoms with Gasteiger partial charge in [-0.25, -0.2) is 13.4 Å². The lowest BCUT2D eigenvalue weighted by Crippen LogP contribution is -2.49. The number of aromatic nitrogens is 2. The first kappa shape index (κ1) is 17.2. The van der Waals surface area contributed by atoms with Crippen molar-refractivity contribution in [1.82, 2.24) is 24.1 Å². The van der Waals surface area contributed by atoms with Crippen molar-refractivity contribution >= 4 is 22.4 Å². The van der Waals surface area contributed by atoms with E-state index in [1.165, 1.54) is 0 Å². The highest BCUT2D eigenvalue weighted by Gasteiger charge is 2.37. The summed E-state index contributed by atoms with van der Waals surface area (Å²) < 4.78 is 29.4. The first-order chi connectivity index (χ1) is 10.7. The summed E-state index contributed by atoms with van der Waals surface area (Å²) in [6, 6.07) is 0.359. The van der Waals surface area contributed by atoms with Crippen molar-refractivity contribution in [1.29, 1.82) is 0 Å². The van der Waals surface area contributed by atoms with E-state index >= 15 is 0 Å². The first-order valence-electron chi connectivity index (χ1n) is 8.15. The zero-order valence-electron chi connectivity index (χ0n) is 13.1. The topological polar surface area (TPSA) is 70.5 Å². The fourth-order valence-corrected chi connectivity index (χ4v) is 5.48. The molecular weight excluding hydrogens is 338 g/mol. The Morgan fingerprint density at radius 3 is 2.74 bits per heavy atom. The maximum absolute atomic E-state index is 12.9. The van der Waals surface area contributed by atoms with Gasteiger partial charge < -0.3 is 9.88 Å². The summed E-state index contributed by atoms with van der Waals surface area (Å²) in [5.74, 6) is 0.913. The zero-order chi connectivity index (χ0) is 15.2. The fourth-order valence-electron chi connectivity index (χ4n) is 3.84. The fraction of sp³-hybridized carbons (Fsp3) is 0.786. The summed E-state index contributed by atoms with van der Waals surface area (Å²) >= 11 is 0. The van der Waals surface area contributed by atoms with Gasteiger partial charge in [0, 0.05) is 58.3 Å². The number of nitrogens with zero attached hydrogens (tertiary/aromatic N) is 4. The molecule has 9 heteroatoms. The molecule has 0 amide bonds. The third-order valence-corrected chi connectivity index (χ3v) is 6.95. The summed E-state index contributed by atoms with van der Waals surface area (Å²) in [7, 11) is -3.40. The lowest BCUT2D eigenvalue weighted by Gasteiger charge is -2.32. The molecule has 1 aromatic heterocycles. The molecule has 2 fully saturated rings. The predicted molar refractivity (Wildman–Crippen MR) is 89.4 cm³/mol. The van der Waals surface area contributed by atoms with E-state index in [2.05, 4.69) is 15.2 Å². The summed E-state index contributed by atoms with van der Waals surface area (Å²) in [4.78, 5) is 6.71. The van der Waals surface area contributed by atoms with Crippen LogP contribution >= 0.6 is 12.4 Å². The van der Waals surface area contributed by atoms with Crippen molar-refractivity contribution in [3.63, 3.8) is 0 Å². The Hall–Kier alpha value is -0.670. The lowest BCUT2D eigenvalue weighted by atomic mass is 10.2. The molecule has 0 aromatic carbocycles. The maximum Gasteiger partial charge on any atom is 0.260 e. The van der Waals surface area contributed by atoms with E-state index in [0.717, 1.165) is 57.8 Å². The number of hydrogen-bond acceptors (Lipinski definition) is 5. The van der Waals surface area contributed by atoms with E-state index in [9.17, 15) is 8.42 Å². The van der Waals surface area contributed by atoms with Crippen molar-refractivity contribution in [2.24, 2.45) is 0 Å². The minimum Gasteiger partial charge on any atom is -0.318 e. The molecule has 23 heavy (non-hydrogen) atoms. The third kappa shape index (κ3) is 3.02. The molecule has 1 atom stereocenters. The van der Waals surface area contributed by atoms with Crippen LogP contribution in [0.1, 0.15) is 18.7 Å². The highest BCUT2D eigenvalue weighted by Crippen LogP contribution is 2.27. The van der Waals surface area contributed by atoms with Crippen LogP contribution in [0.15, 0.2) is 11.2 Å². The maximum atomic E-state index is 12.9. The summed E-state index contributed by atoms with van der Waals surface area (Å²) in [5, 5.41) is 3.73. The third-order valence-electron chi connectivity index (χ3n) is 5.08. The molecular formula is C14H24ClN5O2S. The first-order valence-corrected chi connectivity index (χ1v) is 9.59. The Balaban J connectivity index is 0.00000156. The van der Waals surface area contributed by atoms with Crippen LogP contribution < -0.4 is 5.32 Å². The standard InChI is InChI=1S/C14H23N5O2S.ClH/c20-22(21,14-10-16-13-2-1-6-19(13)14)18-7-3-12(11-18)17-8-4-15-5-9-17;/h10,12,15H,1-9,11H2;1H. The smallest absolute Gasteiger partial charge is 0.260 e. The molecule has 0 spiro atoms. The summed E-state index contributed by atoms with van der Waals surface area (Å²) in [6.45, 7) is 6.04. The van der Waals surface area contributed by atoms with E-state index in [-0.39, 0.29) is 12.4 Å². The number of sulfonamides is 1. The van der Waals surface area contributed by atoms with Gasteiger partial charge in [-0.2, -0.15) is 4.31 Å². The number of fused-ring (bicyclic) bond motifs is 1. The number of imidazole rings is 1. The largest absolute Gasteiger partial charge is 0.318 e. The lowest BCUT2D eigenvalue weighted by molar-refractivity contribution is 0.179. The summed E-state index contributed by atoms with van der Waals surface area (Å²) in [6.07, 6.45) is 4.36. The SMILES string of the molecule is Cl.O=S(=O)(c1cnc2n1CCC2)N1CCC(N2CCNCC2)C1. The van der Waals surface area contributed by atoms with Crippen LogP contribution in [0.25, 0.3) is 0 Å². The number of rotatable bonds is 3. The molecule has 1 N–H and O–H groups in total. The van der Waals surface area contributed by atoms with Crippen molar-refractivity contribution in [3.05, 3.63) is 12.0 Å². The average molecular weight is 362 g/mol. The van der Waals surface area contributed by atoms with E-state index in [1.54, 1.807) is 10.5 Å². The quantitative estimate of drug-likeness (QED) is 0.815. The predicted octanol–water partition coefficient (Wildman–Crippen LogP) is -0.0807. The molecule has 0 bridgehead atoms. The van der Waals surface area contributed by atoms with Crippen molar-refractivity contribution in [2.75, 3.05) is 39.3 Å². The van der Waals surface area contributed by atoms with E-state index < -0.39 is 10.0 Å². The molecule has 0 aliphatic carbocycles. The van der Waals surface area contributed by atoms with E-state index in [1.807, 2.05) is 4.57 Å². The van der Waals surface area contributed by atoms with Crippen molar-refractivity contribution in [3.8, 4) is 0 Å². The Kier molecular flexibility index (Phi) is 4.98. The number of hydrogen-bond donors (Lipinski definition) is 1. The normalized spacial score (nSPS) is 26.2.